The molecule has 1 heterocycles. The van der Waals surface area contributed by atoms with E-state index in [4.69, 9.17) is 33.2 Å². The molecule has 0 radical (unpaired) electrons. The summed E-state index contributed by atoms with van der Waals surface area (Å²) in [5, 5.41) is 13.0. The maximum absolute atomic E-state index is 15.1. The second-order valence-electron chi connectivity index (χ2n) is 6.69. The van der Waals surface area contributed by atoms with Crippen LogP contribution in [0.5, 0.6) is 11.5 Å². The number of nitriles is 1. The number of amides is 1. The van der Waals surface area contributed by atoms with Gasteiger partial charge in [0.2, 0.25) is 0 Å². The fourth-order valence-electron chi connectivity index (χ4n) is 3.07. The van der Waals surface area contributed by atoms with Gasteiger partial charge in [-0.25, -0.2) is 4.39 Å². The highest BCUT2D eigenvalue weighted by Crippen LogP contribution is 2.35. The lowest BCUT2D eigenvalue weighted by Crippen LogP contribution is -2.23. The van der Waals surface area contributed by atoms with Gasteiger partial charge in [0.1, 0.15) is 11.4 Å². The van der Waals surface area contributed by atoms with Crippen LogP contribution in [0.15, 0.2) is 60.7 Å². The maximum atomic E-state index is 15.1. The van der Waals surface area contributed by atoms with E-state index in [0.717, 1.165) is 10.9 Å². The number of para-hydroxylation sites is 1. The van der Waals surface area contributed by atoms with Gasteiger partial charge in [-0.05, 0) is 36.4 Å². The number of carbonyl (C=O) groups is 1. The summed E-state index contributed by atoms with van der Waals surface area (Å²) in [6, 6.07) is 18.4. The number of benzene rings is 3. The van der Waals surface area contributed by atoms with Crippen LogP contribution in [0.25, 0.3) is 10.9 Å². The molecular weight excluding hydrogens is 440 g/mol. The fraction of sp³-hybridized carbons (Fsp3) is 0.0435. The molecular formula is C23H14Cl2FN3O2. The molecule has 1 aromatic heterocycles. The summed E-state index contributed by atoms with van der Waals surface area (Å²) in [4.78, 5) is 15.5. The molecule has 0 fully saturated rings. The first-order valence-corrected chi connectivity index (χ1v) is 9.91. The molecule has 0 atom stereocenters. The van der Waals surface area contributed by atoms with E-state index in [1.54, 1.807) is 6.07 Å². The Hall–Kier alpha value is -3.53. The van der Waals surface area contributed by atoms with E-state index in [0.29, 0.717) is 5.69 Å². The molecule has 0 aliphatic heterocycles. The number of hydrogen-bond donors (Lipinski definition) is 2. The third-order valence-corrected chi connectivity index (χ3v) is 5.08. The summed E-state index contributed by atoms with van der Waals surface area (Å²) >= 11 is 12.1. The monoisotopic (exact) mass is 453 g/mol. The summed E-state index contributed by atoms with van der Waals surface area (Å²) in [7, 11) is 0. The van der Waals surface area contributed by atoms with Crippen LogP contribution >= 0.6 is 23.2 Å². The molecule has 31 heavy (non-hydrogen) atoms. The van der Waals surface area contributed by atoms with Crippen molar-refractivity contribution in [1.82, 2.24) is 10.3 Å². The van der Waals surface area contributed by atoms with Gasteiger partial charge in [-0.3, -0.25) is 4.79 Å². The summed E-state index contributed by atoms with van der Waals surface area (Å²) < 4.78 is 20.6. The van der Waals surface area contributed by atoms with E-state index in [9.17, 15) is 4.79 Å². The van der Waals surface area contributed by atoms with Crippen LogP contribution < -0.4 is 10.1 Å². The van der Waals surface area contributed by atoms with E-state index in [1.807, 2.05) is 30.3 Å². The van der Waals surface area contributed by atoms with Crippen molar-refractivity contribution in [3.05, 3.63) is 93.3 Å². The van der Waals surface area contributed by atoms with Crippen molar-refractivity contribution in [3.8, 4) is 17.6 Å². The van der Waals surface area contributed by atoms with Crippen LogP contribution in [-0.2, 0) is 6.54 Å². The first-order chi connectivity index (χ1) is 14.9. The average Bonchev–Trinajstić information content (AvgIpc) is 3.20. The minimum atomic E-state index is -0.720. The normalized spacial score (nSPS) is 10.6. The van der Waals surface area contributed by atoms with Gasteiger partial charge in [0, 0.05) is 28.0 Å². The molecule has 0 aliphatic rings. The first kappa shape index (κ1) is 20.7. The molecule has 154 valence electrons. The third kappa shape index (κ3) is 4.48. The molecule has 3 aromatic carbocycles. The number of hydrogen-bond acceptors (Lipinski definition) is 3. The quantitative estimate of drug-likeness (QED) is 0.377. The van der Waals surface area contributed by atoms with Crippen molar-refractivity contribution in [2.75, 3.05) is 0 Å². The Morgan fingerprint density at radius 2 is 1.94 bits per heavy atom. The van der Waals surface area contributed by atoms with Gasteiger partial charge in [0.15, 0.2) is 11.6 Å². The Labute approximate surface area is 187 Å². The van der Waals surface area contributed by atoms with Gasteiger partial charge in [0.25, 0.3) is 5.91 Å². The van der Waals surface area contributed by atoms with Crippen molar-refractivity contribution in [1.29, 1.82) is 5.26 Å². The molecule has 0 spiro atoms. The molecule has 4 rings (SSSR count). The van der Waals surface area contributed by atoms with Crippen molar-refractivity contribution < 1.29 is 13.9 Å². The number of aromatic amines is 1. The highest BCUT2D eigenvalue weighted by Gasteiger charge is 2.17. The lowest BCUT2D eigenvalue weighted by atomic mass is 10.2. The van der Waals surface area contributed by atoms with E-state index >= 15 is 4.39 Å². The Kier molecular flexibility index (Phi) is 5.81. The standard InChI is InChI=1S/C23H14Cl2FN3O2/c24-16-7-13(11-27)8-17(10-16)31-22-18(25)6-5-15(21(22)26)12-28-23(30)20-9-14-3-1-2-4-19(14)29-20/h1-10,29H,12H2,(H,28,30). The highest BCUT2D eigenvalue weighted by molar-refractivity contribution is 6.32. The van der Waals surface area contributed by atoms with Crippen LogP contribution in [0.4, 0.5) is 4.39 Å². The van der Waals surface area contributed by atoms with E-state index in [1.165, 1.54) is 30.3 Å². The first-order valence-electron chi connectivity index (χ1n) is 9.16. The number of rotatable bonds is 5. The molecule has 2 N–H and O–H groups in total. The molecule has 8 heteroatoms. The van der Waals surface area contributed by atoms with Gasteiger partial charge in [-0.1, -0.05) is 47.5 Å². The second-order valence-corrected chi connectivity index (χ2v) is 7.54. The SMILES string of the molecule is N#Cc1cc(Cl)cc(Oc2c(Cl)ccc(CNC(=O)c3cc4ccccc4[nH]3)c2F)c1. The Balaban J connectivity index is 1.54. The van der Waals surface area contributed by atoms with Gasteiger partial charge < -0.3 is 15.0 Å². The molecule has 4 aromatic rings. The second kappa shape index (κ2) is 8.68. The lowest BCUT2D eigenvalue weighted by Gasteiger charge is -2.13. The van der Waals surface area contributed by atoms with Crippen LogP contribution in [0.3, 0.4) is 0 Å². The molecule has 0 saturated heterocycles. The lowest BCUT2D eigenvalue weighted by molar-refractivity contribution is 0.0946. The molecule has 0 bridgehead atoms. The van der Waals surface area contributed by atoms with Crippen LogP contribution in [0.2, 0.25) is 10.0 Å². The zero-order chi connectivity index (χ0) is 22.0. The zero-order valence-corrected chi connectivity index (χ0v) is 17.4. The van der Waals surface area contributed by atoms with E-state index in [2.05, 4.69) is 10.3 Å². The predicted molar refractivity (Wildman–Crippen MR) is 117 cm³/mol. The van der Waals surface area contributed by atoms with Crippen molar-refractivity contribution in [3.63, 3.8) is 0 Å². The Morgan fingerprint density at radius 1 is 1.13 bits per heavy atom. The smallest absolute Gasteiger partial charge is 0.267 e. The van der Waals surface area contributed by atoms with Crippen LogP contribution in [-0.4, -0.2) is 10.9 Å². The number of H-pyrrole nitrogens is 1. The molecule has 0 saturated carbocycles. The van der Waals surface area contributed by atoms with Gasteiger partial charge in [-0.15, -0.1) is 0 Å². The third-order valence-electron chi connectivity index (χ3n) is 4.56. The number of aromatic nitrogens is 1. The number of fused-ring (bicyclic) bond motifs is 1. The molecule has 5 nitrogen and oxygen atoms in total. The number of nitrogens with one attached hydrogen (secondary N) is 2. The minimum absolute atomic E-state index is 0.0432. The summed E-state index contributed by atoms with van der Waals surface area (Å²) in [6.45, 7) is -0.0768. The zero-order valence-electron chi connectivity index (χ0n) is 15.9. The number of ether oxygens (including phenoxy) is 1. The van der Waals surface area contributed by atoms with Crippen LogP contribution in [0.1, 0.15) is 21.6 Å². The number of carbonyl (C=O) groups excluding carboxylic acids is 1. The van der Waals surface area contributed by atoms with Gasteiger partial charge in [0.05, 0.1) is 16.7 Å². The average molecular weight is 454 g/mol. The topological polar surface area (TPSA) is 77.9 Å². The molecule has 1 amide bonds. The summed E-state index contributed by atoms with van der Waals surface area (Å²) in [5.74, 6) is -1.14. The maximum Gasteiger partial charge on any atom is 0.267 e. The number of halogens is 3. The molecule has 0 unspecified atom stereocenters. The fourth-order valence-corrected chi connectivity index (χ4v) is 3.48. The van der Waals surface area contributed by atoms with Crippen molar-refractivity contribution in [2.24, 2.45) is 0 Å². The molecule has 0 aliphatic carbocycles. The van der Waals surface area contributed by atoms with E-state index in [-0.39, 0.29) is 45.1 Å². The van der Waals surface area contributed by atoms with Crippen molar-refractivity contribution >= 4 is 40.0 Å². The van der Waals surface area contributed by atoms with Gasteiger partial charge in [-0.2, -0.15) is 5.26 Å². The predicted octanol–water partition coefficient (Wildman–Crippen LogP) is 6.21. The summed E-state index contributed by atoms with van der Waals surface area (Å²) in [6.07, 6.45) is 0. The van der Waals surface area contributed by atoms with Crippen molar-refractivity contribution in [2.45, 2.75) is 6.54 Å². The summed E-state index contributed by atoms with van der Waals surface area (Å²) in [5.41, 5.74) is 1.65. The Morgan fingerprint density at radius 3 is 2.71 bits per heavy atom. The van der Waals surface area contributed by atoms with Crippen LogP contribution in [0, 0.1) is 17.1 Å². The van der Waals surface area contributed by atoms with Gasteiger partial charge >= 0.3 is 0 Å². The largest absolute Gasteiger partial charge is 0.453 e. The highest BCUT2D eigenvalue weighted by atomic mass is 35.5. The minimum Gasteiger partial charge on any atom is -0.453 e. The Bertz CT molecular complexity index is 1310. The number of nitrogens with zero attached hydrogens (tertiary/aromatic N) is 1. The van der Waals surface area contributed by atoms with E-state index < -0.39 is 5.82 Å².